The SMILES string of the molecule is COc1ncc(-c2cc([C@H]3C[C@H]3c3cnc4cnn(CC(F)(F)F)c4c3)c3ncc(F)n3n2)c(OC)n1. The van der Waals surface area contributed by atoms with Gasteiger partial charge in [-0.15, -0.1) is 0 Å². The number of alkyl halides is 3. The smallest absolute Gasteiger partial charge is 0.408 e. The van der Waals surface area contributed by atoms with Gasteiger partial charge in [-0.1, -0.05) is 0 Å². The summed E-state index contributed by atoms with van der Waals surface area (Å²) in [6.07, 6.45) is 1.76. The molecule has 0 aliphatic heterocycles. The lowest BCUT2D eigenvalue weighted by molar-refractivity contribution is -0.141. The molecule has 0 saturated heterocycles. The van der Waals surface area contributed by atoms with Gasteiger partial charge in [-0.05, 0) is 36.0 Å². The highest BCUT2D eigenvalue weighted by Crippen LogP contribution is 2.56. The van der Waals surface area contributed by atoms with Crippen LogP contribution < -0.4 is 9.47 Å². The third kappa shape index (κ3) is 4.07. The van der Waals surface area contributed by atoms with E-state index in [0.29, 0.717) is 34.4 Å². The first kappa shape index (κ1) is 23.1. The Balaban J connectivity index is 1.40. The van der Waals surface area contributed by atoms with Crippen molar-refractivity contribution in [3.63, 3.8) is 0 Å². The maximum atomic E-state index is 14.6. The van der Waals surface area contributed by atoms with Gasteiger partial charge in [0.2, 0.25) is 11.8 Å². The van der Waals surface area contributed by atoms with E-state index in [1.165, 1.54) is 26.6 Å². The topological polar surface area (TPSA) is 105 Å². The molecular formula is C23H18F4N8O2. The van der Waals surface area contributed by atoms with Crippen molar-refractivity contribution in [2.24, 2.45) is 0 Å². The van der Waals surface area contributed by atoms with Crippen LogP contribution in [0.4, 0.5) is 17.6 Å². The standard InChI is InChI=1S/C23H18F4N8O2/c1-36-21-15(7-30-22(32-21)37-2)16-5-14(20-29-9-19(24)35(20)33-16)13-4-12(13)11-3-18-17(28-6-11)8-31-34(18)10-23(25,26)27/h3,5-9,12-13H,4,10H2,1-2H3/t12-,13-/m0/s1. The van der Waals surface area contributed by atoms with E-state index in [1.54, 1.807) is 18.3 Å². The van der Waals surface area contributed by atoms with E-state index in [2.05, 4.69) is 30.1 Å². The molecule has 37 heavy (non-hydrogen) atoms. The average molecular weight is 514 g/mol. The second-order valence-electron chi connectivity index (χ2n) is 8.62. The predicted octanol–water partition coefficient (Wildman–Crippen LogP) is 3.92. The lowest BCUT2D eigenvalue weighted by Crippen LogP contribution is -2.18. The van der Waals surface area contributed by atoms with Crippen LogP contribution in [0.1, 0.15) is 29.4 Å². The first-order valence-corrected chi connectivity index (χ1v) is 11.1. The van der Waals surface area contributed by atoms with Crippen molar-refractivity contribution >= 4 is 16.7 Å². The number of ether oxygens (including phenoxy) is 2. The van der Waals surface area contributed by atoms with Gasteiger partial charge in [0, 0.05) is 18.0 Å². The fourth-order valence-corrected chi connectivity index (χ4v) is 4.53. The highest BCUT2D eigenvalue weighted by Gasteiger charge is 2.42. The van der Waals surface area contributed by atoms with Gasteiger partial charge in [0.15, 0.2) is 5.65 Å². The molecule has 190 valence electrons. The summed E-state index contributed by atoms with van der Waals surface area (Å²) in [5.41, 5.74) is 3.29. The van der Waals surface area contributed by atoms with Gasteiger partial charge in [0.1, 0.15) is 12.1 Å². The van der Waals surface area contributed by atoms with Gasteiger partial charge in [0.25, 0.3) is 0 Å². The van der Waals surface area contributed by atoms with Crippen molar-refractivity contribution in [3.05, 3.63) is 54.0 Å². The highest BCUT2D eigenvalue weighted by atomic mass is 19.4. The lowest BCUT2D eigenvalue weighted by Gasteiger charge is -2.11. The molecule has 5 heterocycles. The fraction of sp³-hybridized carbons (Fsp3) is 0.304. The molecule has 0 aromatic carbocycles. The minimum absolute atomic E-state index is 0.0565. The minimum atomic E-state index is -4.41. The van der Waals surface area contributed by atoms with E-state index >= 15 is 0 Å². The molecule has 5 aromatic rings. The van der Waals surface area contributed by atoms with Crippen LogP contribution in [0.25, 0.3) is 27.9 Å². The Kier molecular flexibility index (Phi) is 5.21. The average Bonchev–Trinajstić information content (AvgIpc) is 3.47. The third-order valence-electron chi connectivity index (χ3n) is 6.30. The number of aromatic nitrogens is 8. The second kappa shape index (κ2) is 8.35. The number of rotatable bonds is 6. The summed E-state index contributed by atoms with van der Waals surface area (Å²) in [5, 5.41) is 8.20. The summed E-state index contributed by atoms with van der Waals surface area (Å²) in [4.78, 5) is 16.8. The number of methoxy groups -OCH3 is 2. The zero-order valence-electron chi connectivity index (χ0n) is 19.4. The Bertz CT molecular complexity index is 1650. The monoisotopic (exact) mass is 514 g/mol. The van der Waals surface area contributed by atoms with E-state index in [1.807, 2.05) is 0 Å². The summed E-state index contributed by atoms with van der Waals surface area (Å²) in [6.45, 7) is -1.21. The van der Waals surface area contributed by atoms with Crippen LogP contribution in [0.3, 0.4) is 0 Å². The molecule has 6 rings (SSSR count). The molecule has 0 spiro atoms. The Morgan fingerprint density at radius 3 is 2.59 bits per heavy atom. The summed E-state index contributed by atoms with van der Waals surface area (Å²) >= 11 is 0. The number of fused-ring (bicyclic) bond motifs is 2. The number of nitrogens with zero attached hydrogens (tertiary/aromatic N) is 8. The van der Waals surface area contributed by atoms with Crippen molar-refractivity contribution in [2.45, 2.75) is 31.0 Å². The Labute approximate surface area is 205 Å². The molecule has 1 fully saturated rings. The Morgan fingerprint density at radius 1 is 1.00 bits per heavy atom. The fourth-order valence-electron chi connectivity index (χ4n) is 4.53. The maximum absolute atomic E-state index is 14.6. The summed E-state index contributed by atoms with van der Waals surface area (Å²) in [6, 6.07) is 3.56. The maximum Gasteiger partial charge on any atom is 0.408 e. The molecule has 1 aliphatic carbocycles. The zero-order valence-corrected chi connectivity index (χ0v) is 19.4. The molecule has 0 unspecified atom stereocenters. The summed E-state index contributed by atoms with van der Waals surface area (Å²) < 4.78 is 65.9. The van der Waals surface area contributed by atoms with Gasteiger partial charge in [-0.3, -0.25) is 9.67 Å². The quantitative estimate of drug-likeness (QED) is 0.314. The molecule has 0 radical (unpaired) electrons. The number of pyridine rings is 1. The number of imidazole rings is 1. The van der Waals surface area contributed by atoms with Crippen molar-refractivity contribution < 1.29 is 27.0 Å². The van der Waals surface area contributed by atoms with Crippen LogP contribution >= 0.6 is 0 Å². The van der Waals surface area contributed by atoms with Crippen LogP contribution in [0.5, 0.6) is 11.9 Å². The van der Waals surface area contributed by atoms with E-state index in [-0.39, 0.29) is 23.7 Å². The van der Waals surface area contributed by atoms with E-state index in [9.17, 15) is 17.6 Å². The number of hydrogen-bond acceptors (Lipinski definition) is 8. The van der Waals surface area contributed by atoms with Crippen molar-refractivity contribution in [1.82, 2.24) is 39.3 Å². The normalized spacial score (nSPS) is 17.5. The minimum Gasteiger partial charge on any atom is -0.480 e. The van der Waals surface area contributed by atoms with E-state index < -0.39 is 18.7 Å². The largest absolute Gasteiger partial charge is 0.480 e. The molecule has 0 N–H and O–H groups in total. The van der Waals surface area contributed by atoms with Gasteiger partial charge >= 0.3 is 12.2 Å². The van der Waals surface area contributed by atoms with Gasteiger partial charge in [-0.2, -0.15) is 37.3 Å². The number of halogens is 4. The molecule has 10 nitrogen and oxygen atoms in total. The lowest BCUT2D eigenvalue weighted by atomic mass is 10.0. The third-order valence-corrected chi connectivity index (χ3v) is 6.30. The molecule has 2 atom stereocenters. The van der Waals surface area contributed by atoms with Crippen LogP contribution in [0.2, 0.25) is 0 Å². The molecule has 0 bridgehead atoms. The summed E-state index contributed by atoms with van der Waals surface area (Å²) in [7, 11) is 2.86. The number of hydrogen-bond donors (Lipinski definition) is 0. The van der Waals surface area contributed by atoms with E-state index in [4.69, 9.17) is 9.47 Å². The van der Waals surface area contributed by atoms with Crippen molar-refractivity contribution in [2.75, 3.05) is 14.2 Å². The molecule has 5 aromatic heterocycles. The van der Waals surface area contributed by atoms with Crippen LogP contribution in [-0.4, -0.2) is 59.7 Å². The van der Waals surface area contributed by atoms with Crippen LogP contribution in [0.15, 0.2) is 36.9 Å². The van der Waals surface area contributed by atoms with Crippen molar-refractivity contribution in [3.8, 4) is 23.1 Å². The van der Waals surface area contributed by atoms with Gasteiger partial charge in [0.05, 0.1) is 43.4 Å². The second-order valence-corrected chi connectivity index (χ2v) is 8.62. The Morgan fingerprint density at radius 2 is 1.84 bits per heavy atom. The van der Waals surface area contributed by atoms with E-state index in [0.717, 1.165) is 26.5 Å². The first-order valence-electron chi connectivity index (χ1n) is 11.1. The summed E-state index contributed by atoms with van der Waals surface area (Å²) in [5.74, 6) is -0.596. The van der Waals surface area contributed by atoms with Crippen molar-refractivity contribution in [1.29, 1.82) is 0 Å². The van der Waals surface area contributed by atoms with Gasteiger partial charge in [-0.25, -0.2) is 9.97 Å². The van der Waals surface area contributed by atoms with Gasteiger partial charge < -0.3 is 9.47 Å². The zero-order chi connectivity index (χ0) is 25.9. The molecular weight excluding hydrogens is 496 g/mol. The highest BCUT2D eigenvalue weighted by molar-refractivity contribution is 5.75. The molecule has 1 saturated carbocycles. The van der Waals surface area contributed by atoms with Crippen LogP contribution in [0, 0.1) is 5.95 Å². The molecule has 0 amide bonds. The Hall–Kier alpha value is -4.36. The molecule has 1 aliphatic rings. The van der Waals surface area contributed by atoms with Crippen LogP contribution in [-0.2, 0) is 6.54 Å². The predicted molar refractivity (Wildman–Crippen MR) is 121 cm³/mol. The molecule has 14 heteroatoms. The first-order chi connectivity index (χ1) is 17.8.